The van der Waals surface area contributed by atoms with Gasteiger partial charge in [0.05, 0.1) is 0 Å². The van der Waals surface area contributed by atoms with E-state index in [0.29, 0.717) is 6.61 Å². The maximum Gasteiger partial charge on any atom is 0.0431 e. The first-order valence-corrected chi connectivity index (χ1v) is 16.8. The van der Waals surface area contributed by atoms with Crippen molar-refractivity contribution in [3.05, 3.63) is 0 Å². The Balaban J connectivity index is 3.39. The fourth-order valence-corrected chi connectivity index (χ4v) is 5.70. The minimum Gasteiger partial charge on any atom is -0.396 e. The van der Waals surface area contributed by atoms with E-state index in [1.165, 1.54) is 173 Å². The lowest BCUT2D eigenvalue weighted by Crippen LogP contribution is -2.08. The van der Waals surface area contributed by atoms with Crippen LogP contribution in [-0.2, 0) is 0 Å². The smallest absolute Gasteiger partial charge is 0.0431 e. The molecule has 212 valence electrons. The summed E-state index contributed by atoms with van der Waals surface area (Å²) in [6.45, 7) is 7.59. The van der Waals surface area contributed by atoms with Crippen molar-refractivity contribution in [3.63, 3.8) is 0 Å². The van der Waals surface area contributed by atoms with Crippen LogP contribution in [0.3, 0.4) is 0 Å². The van der Waals surface area contributed by atoms with Crippen LogP contribution in [0.2, 0.25) is 0 Å². The molecule has 1 atom stereocenters. The van der Waals surface area contributed by atoms with Crippen LogP contribution in [0.5, 0.6) is 0 Å². The van der Waals surface area contributed by atoms with Gasteiger partial charge in [0.15, 0.2) is 0 Å². The molecule has 0 saturated heterocycles. The zero-order valence-electron chi connectivity index (χ0n) is 25.1. The highest BCUT2D eigenvalue weighted by molar-refractivity contribution is 4.64. The highest BCUT2D eigenvalue weighted by atomic mass is 16.2. The molecular weight excluding hydrogens is 424 g/mol. The second kappa shape index (κ2) is 30.2. The summed E-state index contributed by atoms with van der Waals surface area (Å²) in [5, 5.41) is 8.80. The molecule has 1 unspecified atom stereocenters. The van der Waals surface area contributed by atoms with Gasteiger partial charge >= 0.3 is 0 Å². The summed E-state index contributed by atoms with van der Waals surface area (Å²) >= 11 is 0. The molecule has 0 aliphatic heterocycles. The van der Waals surface area contributed by atoms with Gasteiger partial charge < -0.3 is 5.11 Å². The maximum absolute atomic E-state index is 8.80. The SMILES string of the molecule is CCCCCCCCCCCCCCCCC(CCCCCCCCCCCCCCO)C(C)C. The Morgan fingerprint density at radius 3 is 0.886 bits per heavy atom. The molecule has 0 saturated carbocycles. The molecule has 35 heavy (non-hydrogen) atoms. The van der Waals surface area contributed by atoms with Crippen molar-refractivity contribution in [3.8, 4) is 0 Å². The Bertz CT molecular complexity index is 364. The molecule has 0 aromatic rings. The average Bonchev–Trinajstić information content (AvgIpc) is 2.85. The van der Waals surface area contributed by atoms with E-state index in [9.17, 15) is 0 Å². The number of aliphatic hydroxyl groups is 1. The van der Waals surface area contributed by atoms with Gasteiger partial charge in [-0.25, -0.2) is 0 Å². The third-order valence-electron chi connectivity index (χ3n) is 8.35. The van der Waals surface area contributed by atoms with Crippen LogP contribution in [-0.4, -0.2) is 11.7 Å². The third kappa shape index (κ3) is 28.4. The van der Waals surface area contributed by atoms with Gasteiger partial charge in [0.2, 0.25) is 0 Å². The molecule has 0 spiro atoms. The highest BCUT2D eigenvalue weighted by Crippen LogP contribution is 2.26. The summed E-state index contributed by atoms with van der Waals surface area (Å²) in [7, 11) is 0. The lowest BCUT2D eigenvalue weighted by atomic mass is 9.85. The monoisotopic (exact) mass is 495 g/mol. The van der Waals surface area contributed by atoms with E-state index in [-0.39, 0.29) is 0 Å². The third-order valence-corrected chi connectivity index (χ3v) is 8.35. The molecule has 0 aliphatic rings. The van der Waals surface area contributed by atoms with Gasteiger partial charge in [-0.3, -0.25) is 0 Å². The van der Waals surface area contributed by atoms with E-state index < -0.39 is 0 Å². The van der Waals surface area contributed by atoms with E-state index in [0.717, 1.165) is 18.3 Å². The molecule has 0 amide bonds. The Morgan fingerprint density at radius 2 is 0.629 bits per heavy atom. The van der Waals surface area contributed by atoms with Crippen LogP contribution < -0.4 is 0 Å². The molecule has 0 radical (unpaired) electrons. The topological polar surface area (TPSA) is 20.2 Å². The van der Waals surface area contributed by atoms with Crippen molar-refractivity contribution < 1.29 is 5.11 Å². The van der Waals surface area contributed by atoms with Crippen molar-refractivity contribution in [1.29, 1.82) is 0 Å². The number of rotatable bonds is 30. The van der Waals surface area contributed by atoms with Gasteiger partial charge in [0.1, 0.15) is 0 Å². The lowest BCUT2D eigenvalue weighted by molar-refractivity contribution is 0.282. The summed E-state index contributed by atoms with van der Waals surface area (Å²) < 4.78 is 0. The summed E-state index contributed by atoms with van der Waals surface area (Å²) in [4.78, 5) is 0. The maximum atomic E-state index is 8.80. The van der Waals surface area contributed by atoms with Gasteiger partial charge in [0, 0.05) is 6.61 Å². The largest absolute Gasteiger partial charge is 0.396 e. The second-order valence-electron chi connectivity index (χ2n) is 12.1. The average molecular weight is 495 g/mol. The Labute approximate surface area is 224 Å². The molecular formula is C34H70O. The normalized spacial score (nSPS) is 12.6. The fraction of sp³-hybridized carbons (Fsp3) is 1.00. The van der Waals surface area contributed by atoms with Gasteiger partial charge in [-0.1, -0.05) is 194 Å². The molecule has 0 fully saturated rings. The molecule has 1 nitrogen and oxygen atoms in total. The molecule has 0 aromatic heterocycles. The zero-order chi connectivity index (χ0) is 25.7. The second-order valence-corrected chi connectivity index (χ2v) is 12.1. The molecule has 1 heteroatoms. The molecule has 0 heterocycles. The minimum absolute atomic E-state index is 0.372. The molecule has 1 N–H and O–H groups in total. The molecule has 0 rings (SSSR count). The summed E-state index contributed by atoms with van der Waals surface area (Å²) in [5.41, 5.74) is 0. The van der Waals surface area contributed by atoms with E-state index in [4.69, 9.17) is 5.11 Å². The van der Waals surface area contributed by atoms with Crippen molar-refractivity contribution in [1.82, 2.24) is 0 Å². The van der Waals surface area contributed by atoms with Crippen LogP contribution in [0.25, 0.3) is 0 Å². The highest BCUT2D eigenvalue weighted by Gasteiger charge is 2.12. The van der Waals surface area contributed by atoms with Crippen molar-refractivity contribution in [2.45, 2.75) is 201 Å². The predicted octanol–water partition coefficient (Wildman–Crippen LogP) is 12.2. The minimum atomic E-state index is 0.372. The van der Waals surface area contributed by atoms with Crippen molar-refractivity contribution in [2.75, 3.05) is 6.61 Å². The number of aliphatic hydroxyl groups excluding tert-OH is 1. The first kappa shape index (κ1) is 35.0. The predicted molar refractivity (Wildman–Crippen MR) is 160 cm³/mol. The van der Waals surface area contributed by atoms with Gasteiger partial charge in [-0.15, -0.1) is 0 Å². The summed E-state index contributed by atoms with van der Waals surface area (Å²) in [5.74, 6) is 1.84. The summed E-state index contributed by atoms with van der Waals surface area (Å²) in [6, 6.07) is 0. The molecule has 0 bridgehead atoms. The van der Waals surface area contributed by atoms with Gasteiger partial charge in [-0.2, -0.15) is 0 Å². The molecule has 0 aromatic carbocycles. The van der Waals surface area contributed by atoms with E-state index in [2.05, 4.69) is 20.8 Å². The van der Waals surface area contributed by atoms with Crippen LogP contribution in [0.4, 0.5) is 0 Å². The molecule has 0 aliphatic carbocycles. The van der Waals surface area contributed by atoms with E-state index >= 15 is 0 Å². The van der Waals surface area contributed by atoms with Gasteiger partial charge in [0.25, 0.3) is 0 Å². The van der Waals surface area contributed by atoms with Gasteiger partial charge in [-0.05, 0) is 18.3 Å². The Hall–Kier alpha value is -0.0400. The van der Waals surface area contributed by atoms with Crippen LogP contribution >= 0.6 is 0 Å². The Kier molecular flexibility index (Phi) is 30.2. The van der Waals surface area contributed by atoms with Crippen LogP contribution in [0.15, 0.2) is 0 Å². The van der Waals surface area contributed by atoms with E-state index in [1.54, 1.807) is 0 Å². The standard InChI is InChI=1S/C34H70O/c1-4-5-6-7-8-9-10-11-12-15-18-21-24-27-30-34(33(2)3)31-28-25-22-19-16-13-14-17-20-23-26-29-32-35/h33-35H,4-32H2,1-3H3. The quantitative estimate of drug-likeness (QED) is 0.0984. The Morgan fingerprint density at radius 1 is 0.371 bits per heavy atom. The van der Waals surface area contributed by atoms with Crippen molar-refractivity contribution in [2.24, 2.45) is 11.8 Å². The number of hydrogen-bond acceptors (Lipinski definition) is 1. The van der Waals surface area contributed by atoms with Crippen LogP contribution in [0, 0.1) is 11.8 Å². The first-order valence-electron chi connectivity index (χ1n) is 16.8. The number of unbranched alkanes of at least 4 members (excludes halogenated alkanes) is 24. The first-order chi connectivity index (χ1) is 17.2. The number of hydrogen-bond donors (Lipinski definition) is 1. The van der Waals surface area contributed by atoms with E-state index in [1.807, 2.05) is 0 Å². The lowest BCUT2D eigenvalue weighted by Gasteiger charge is -2.20. The van der Waals surface area contributed by atoms with Crippen molar-refractivity contribution >= 4 is 0 Å². The fourth-order valence-electron chi connectivity index (χ4n) is 5.70. The van der Waals surface area contributed by atoms with Crippen LogP contribution in [0.1, 0.15) is 201 Å². The summed E-state index contributed by atoms with van der Waals surface area (Å²) in [6.07, 6.45) is 39.9. The zero-order valence-corrected chi connectivity index (χ0v) is 25.1.